The number of ether oxygens (including phenoxy) is 1. The van der Waals surface area contributed by atoms with Crippen molar-refractivity contribution in [3.8, 4) is 0 Å². The number of likely N-dealkylation sites (tertiary alicyclic amines) is 2. The van der Waals surface area contributed by atoms with Crippen LogP contribution in [-0.4, -0.2) is 143 Å². The molecule has 0 spiro atoms. The zero-order valence-electron chi connectivity index (χ0n) is 34.0. The Kier molecular flexibility index (Phi) is 17.8. The van der Waals surface area contributed by atoms with Crippen LogP contribution >= 0.6 is 0 Å². The number of hydrogen-bond acceptors (Lipinski definition) is 9. The van der Waals surface area contributed by atoms with Gasteiger partial charge in [0.15, 0.2) is 0 Å². The average molecular weight is 790 g/mol. The van der Waals surface area contributed by atoms with Gasteiger partial charge in [0, 0.05) is 45.6 Å². The number of nitrogens with zero attached hydrogens (tertiary/aromatic N) is 3. The number of aliphatic hydroxyl groups is 1. The molecule has 56 heavy (non-hydrogen) atoms. The second-order valence-electron chi connectivity index (χ2n) is 16.2. The normalized spacial score (nSPS) is 23.3. The zero-order chi connectivity index (χ0) is 40.8. The van der Waals surface area contributed by atoms with Crippen LogP contribution in [-0.2, 0) is 38.3 Å². The fourth-order valence-corrected chi connectivity index (χ4v) is 8.52. The van der Waals surface area contributed by atoms with E-state index in [0.29, 0.717) is 77.3 Å². The van der Waals surface area contributed by atoms with Gasteiger partial charge in [0.1, 0.15) is 30.2 Å². The van der Waals surface area contributed by atoms with Gasteiger partial charge in [-0.2, -0.15) is 0 Å². The molecule has 3 aliphatic heterocycles. The van der Waals surface area contributed by atoms with Crippen LogP contribution in [0.3, 0.4) is 0 Å². The highest BCUT2D eigenvalue weighted by atomic mass is 16.5. The summed E-state index contributed by atoms with van der Waals surface area (Å²) in [6.07, 6.45) is 8.22. The van der Waals surface area contributed by atoms with E-state index in [2.05, 4.69) is 28.2 Å². The van der Waals surface area contributed by atoms with Crippen molar-refractivity contribution >= 4 is 41.4 Å². The van der Waals surface area contributed by atoms with Crippen LogP contribution in [0, 0.1) is 11.8 Å². The summed E-state index contributed by atoms with van der Waals surface area (Å²) in [7, 11) is 0. The Morgan fingerprint density at radius 1 is 0.732 bits per heavy atom. The predicted molar refractivity (Wildman–Crippen MR) is 208 cm³/mol. The Balaban J connectivity index is 1.41. The van der Waals surface area contributed by atoms with Gasteiger partial charge >= 0.3 is 0 Å². The molecule has 16 nitrogen and oxygen atoms in total. The van der Waals surface area contributed by atoms with Crippen LogP contribution < -0.4 is 21.3 Å². The highest BCUT2D eigenvalue weighted by molar-refractivity contribution is 5.97. The Hall–Kier alpha value is -3.79. The van der Waals surface area contributed by atoms with Crippen molar-refractivity contribution in [2.45, 2.75) is 154 Å². The first-order valence-electron chi connectivity index (χ1n) is 21.1. The molecule has 0 radical (unpaired) electrons. The van der Waals surface area contributed by atoms with Gasteiger partial charge < -0.3 is 45.8 Å². The van der Waals surface area contributed by atoms with Gasteiger partial charge in [-0.15, -0.1) is 0 Å². The first kappa shape index (κ1) is 44.9. The van der Waals surface area contributed by atoms with E-state index in [0.717, 1.165) is 25.7 Å². The number of nitrogens with one attached hydrogen (secondary N) is 4. The summed E-state index contributed by atoms with van der Waals surface area (Å²) in [5.74, 6) is -2.26. The summed E-state index contributed by atoms with van der Waals surface area (Å²) in [4.78, 5) is 99.1. The molecular formula is C40H67N7O9. The molecule has 316 valence electrons. The molecule has 0 aromatic heterocycles. The van der Waals surface area contributed by atoms with Crippen LogP contribution in [0.15, 0.2) is 0 Å². The molecule has 0 aromatic carbocycles. The summed E-state index contributed by atoms with van der Waals surface area (Å²) in [5, 5.41) is 21.2. The van der Waals surface area contributed by atoms with Gasteiger partial charge in [-0.1, -0.05) is 46.0 Å². The summed E-state index contributed by atoms with van der Waals surface area (Å²) in [5.41, 5.74) is 0. The molecular weight excluding hydrogens is 722 g/mol. The van der Waals surface area contributed by atoms with Gasteiger partial charge in [-0.3, -0.25) is 33.6 Å². The third-order valence-corrected chi connectivity index (χ3v) is 11.9. The monoisotopic (exact) mass is 790 g/mol. The average Bonchev–Trinajstić information content (AvgIpc) is 3.70. The molecule has 4 aliphatic rings. The minimum atomic E-state index is -1.19. The highest BCUT2D eigenvalue weighted by Crippen LogP contribution is 2.31. The number of aliphatic hydroxyl groups excluding tert-OH is 1. The molecule has 4 fully saturated rings. The van der Waals surface area contributed by atoms with Crippen molar-refractivity contribution < 1.29 is 43.4 Å². The van der Waals surface area contributed by atoms with Gasteiger partial charge in [-0.25, -0.2) is 0 Å². The SMILES string of the molecule is CCCNC(=O)[C@@H](NC(=O)[C@@H]1CCCN1C(=O)[C@H](C)NC(=O)[C@@H]1CCCCN1C(=O)[C@H](CCC(=O)N1CCOCC1)NC(=O)C[C@H](C)C1CCCCC1)[C@@H](C)O. The maximum Gasteiger partial charge on any atom is 0.245 e. The number of carbonyl (C=O) groups excluding carboxylic acids is 7. The quantitative estimate of drug-likeness (QED) is 0.142. The van der Waals surface area contributed by atoms with E-state index in [-0.39, 0.29) is 50.1 Å². The third-order valence-electron chi connectivity index (χ3n) is 11.9. The molecule has 3 saturated heterocycles. The maximum absolute atomic E-state index is 14.3. The number of morpholine rings is 1. The second kappa shape index (κ2) is 22.2. The molecule has 1 aliphatic carbocycles. The Morgan fingerprint density at radius 2 is 1.34 bits per heavy atom. The molecule has 0 unspecified atom stereocenters. The van der Waals surface area contributed by atoms with E-state index in [1.54, 1.807) is 4.90 Å². The number of piperidine rings is 1. The van der Waals surface area contributed by atoms with Crippen LogP contribution in [0.2, 0.25) is 0 Å². The predicted octanol–water partition coefficient (Wildman–Crippen LogP) is 0.985. The van der Waals surface area contributed by atoms with Crippen LogP contribution in [0.5, 0.6) is 0 Å². The lowest BCUT2D eigenvalue weighted by atomic mass is 9.79. The molecule has 7 atom stereocenters. The van der Waals surface area contributed by atoms with Crippen molar-refractivity contribution in [1.29, 1.82) is 0 Å². The molecule has 4 rings (SSSR count). The first-order valence-corrected chi connectivity index (χ1v) is 21.1. The summed E-state index contributed by atoms with van der Waals surface area (Å²) >= 11 is 0. The van der Waals surface area contributed by atoms with E-state index in [4.69, 9.17) is 4.74 Å². The van der Waals surface area contributed by atoms with E-state index in [9.17, 15) is 38.7 Å². The van der Waals surface area contributed by atoms with Crippen LogP contribution in [0.1, 0.15) is 118 Å². The zero-order valence-corrected chi connectivity index (χ0v) is 34.0. The summed E-state index contributed by atoms with van der Waals surface area (Å²) in [6, 6.07) is -5.01. The smallest absolute Gasteiger partial charge is 0.245 e. The Labute approximate surface area is 331 Å². The Morgan fingerprint density at radius 3 is 2.00 bits per heavy atom. The standard InChI is InChI=1S/C40H67N7O9/c1-5-18-41-38(53)35(28(4)48)44-37(52)32-15-11-20-46(32)39(54)27(3)42-36(51)31-14-9-10-19-47(31)40(55)30(16-17-34(50)45-21-23-56-24-22-45)43-33(49)25-26(2)29-12-7-6-8-13-29/h26-32,35,48H,5-25H2,1-4H3,(H,41,53)(H,42,51)(H,43,49)(H,44,52)/t26-,27-,28+,30-,31-,32-,35-/m0/s1. The Bertz CT molecular complexity index is 1370. The molecule has 5 N–H and O–H groups in total. The third kappa shape index (κ3) is 12.6. The van der Waals surface area contributed by atoms with Crippen molar-refractivity contribution in [3.63, 3.8) is 0 Å². The number of hydrogen-bond donors (Lipinski definition) is 5. The van der Waals surface area contributed by atoms with Crippen molar-refractivity contribution in [1.82, 2.24) is 36.0 Å². The largest absolute Gasteiger partial charge is 0.391 e. The highest BCUT2D eigenvalue weighted by Gasteiger charge is 2.41. The van der Waals surface area contributed by atoms with Crippen molar-refractivity contribution in [3.05, 3.63) is 0 Å². The van der Waals surface area contributed by atoms with E-state index >= 15 is 0 Å². The van der Waals surface area contributed by atoms with Crippen LogP contribution in [0.25, 0.3) is 0 Å². The van der Waals surface area contributed by atoms with Gasteiger partial charge in [0.25, 0.3) is 0 Å². The van der Waals surface area contributed by atoms with Crippen LogP contribution in [0.4, 0.5) is 0 Å². The molecule has 3 heterocycles. The maximum atomic E-state index is 14.3. The van der Waals surface area contributed by atoms with E-state index in [1.165, 1.54) is 30.1 Å². The topological polar surface area (TPSA) is 207 Å². The van der Waals surface area contributed by atoms with E-state index in [1.807, 2.05) is 6.92 Å². The molecule has 1 saturated carbocycles. The van der Waals surface area contributed by atoms with E-state index < -0.39 is 65.8 Å². The minimum absolute atomic E-state index is 0.0526. The van der Waals surface area contributed by atoms with Crippen molar-refractivity contribution in [2.75, 3.05) is 45.9 Å². The fourth-order valence-electron chi connectivity index (χ4n) is 8.52. The van der Waals surface area contributed by atoms with Gasteiger partial charge in [-0.05, 0) is 70.6 Å². The number of rotatable bonds is 17. The lowest BCUT2D eigenvalue weighted by molar-refractivity contribution is -0.147. The molecule has 0 bridgehead atoms. The lowest BCUT2D eigenvalue weighted by Gasteiger charge is -2.38. The molecule has 0 aromatic rings. The second-order valence-corrected chi connectivity index (χ2v) is 16.2. The van der Waals surface area contributed by atoms with Gasteiger partial charge in [0.2, 0.25) is 41.4 Å². The minimum Gasteiger partial charge on any atom is -0.391 e. The summed E-state index contributed by atoms with van der Waals surface area (Å²) < 4.78 is 5.38. The summed E-state index contributed by atoms with van der Waals surface area (Å²) in [6.45, 7) is 9.68. The molecule has 7 amide bonds. The fraction of sp³-hybridized carbons (Fsp3) is 0.825. The number of amides is 7. The van der Waals surface area contributed by atoms with Crippen molar-refractivity contribution in [2.24, 2.45) is 11.8 Å². The number of carbonyl (C=O) groups is 7. The van der Waals surface area contributed by atoms with Gasteiger partial charge in [0.05, 0.1) is 19.3 Å². The molecule has 16 heteroatoms. The lowest BCUT2D eigenvalue weighted by Crippen LogP contribution is -2.60. The first-order chi connectivity index (χ1) is 26.8.